The molecule has 1 saturated heterocycles. The maximum atomic E-state index is 12.9. The normalized spacial score (nSPS) is 13.6. The highest BCUT2D eigenvalue weighted by molar-refractivity contribution is 6.04. The number of morpholine rings is 1. The first-order valence-electron chi connectivity index (χ1n) is 9.27. The third-order valence-electron chi connectivity index (χ3n) is 4.79. The lowest BCUT2D eigenvalue weighted by Crippen LogP contribution is -2.41. The number of anilines is 1. The van der Waals surface area contributed by atoms with E-state index in [1.807, 2.05) is 6.07 Å². The van der Waals surface area contributed by atoms with Crippen LogP contribution in [0.4, 0.5) is 5.69 Å². The predicted octanol–water partition coefficient (Wildman–Crippen LogP) is 1.29. The van der Waals surface area contributed by atoms with Crippen LogP contribution in [-0.4, -0.2) is 52.4 Å². The average molecular weight is 403 g/mol. The largest absolute Gasteiger partial charge is 0.378 e. The van der Waals surface area contributed by atoms with Crippen molar-refractivity contribution in [3.63, 3.8) is 0 Å². The minimum atomic E-state index is -0.501. The Bertz CT molecular complexity index is 1220. The molecule has 1 aliphatic rings. The van der Waals surface area contributed by atoms with Gasteiger partial charge < -0.3 is 15.0 Å². The van der Waals surface area contributed by atoms with E-state index in [1.165, 1.54) is 41.1 Å². The molecule has 1 N–H and O–H groups in total. The van der Waals surface area contributed by atoms with Crippen molar-refractivity contribution < 1.29 is 14.3 Å². The predicted molar refractivity (Wildman–Crippen MR) is 107 cm³/mol. The van der Waals surface area contributed by atoms with E-state index in [9.17, 15) is 14.4 Å². The Morgan fingerprint density at radius 2 is 1.87 bits per heavy atom. The van der Waals surface area contributed by atoms with E-state index in [2.05, 4.69) is 10.3 Å². The summed E-state index contributed by atoms with van der Waals surface area (Å²) in [5, 5.41) is 11.4. The van der Waals surface area contributed by atoms with Crippen molar-refractivity contribution >= 4 is 23.1 Å². The quantitative estimate of drug-likeness (QED) is 0.704. The standard InChI is InChI=1S/C21H17N5O4/c22-12-14-3-5-15(6-4-14)19(27)24-17-13-23-18-16(2-1-7-26(18)21(17)29)20(28)25-8-10-30-11-9-25/h1-7,13H,8-11H2,(H,24,27). The number of fused-ring (bicyclic) bond motifs is 1. The van der Waals surface area contributed by atoms with Crippen LogP contribution in [0.1, 0.15) is 26.3 Å². The monoisotopic (exact) mass is 403 g/mol. The van der Waals surface area contributed by atoms with Crippen LogP contribution in [0.15, 0.2) is 53.6 Å². The summed E-state index contributed by atoms with van der Waals surface area (Å²) in [6, 6.07) is 11.2. The fourth-order valence-electron chi connectivity index (χ4n) is 3.19. The van der Waals surface area contributed by atoms with Gasteiger partial charge in [-0.3, -0.25) is 18.8 Å². The SMILES string of the molecule is N#Cc1ccc(C(=O)Nc2cnc3c(C(=O)N4CCOCC4)cccn3c2=O)cc1. The molecule has 0 atom stereocenters. The summed E-state index contributed by atoms with van der Waals surface area (Å²) >= 11 is 0. The smallest absolute Gasteiger partial charge is 0.281 e. The molecule has 3 heterocycles. The summed E-state index contributed by atoms with van der Waals surface area (Å²) in [6.45, 7) is 1.89. The Morgan fingerprint density at radius 1 is 1.13 bits per heavy atom. The van der Waals surface area contributed by atoms with Crippen molar-refractivity contribution in [1.29, 1.82) is 5.26 Å². The zero-order valence-corrected chi connectivity index (χ0v) is 15.9. The molecule has 1 aliphatic heterocycles. The third kappa shape index (κ3) is 3.64. The molecule has 3 aromatic rings. The van der Waals surface area contributed by atoms with Crippen molar-refractivity contribution in [1.82, 2.24) is 14.3 Å². The van der Waals surface area contributed by atoms with Crippen LogP contribution in [0.25, 0.3) is 5.65 Å². The molecule has 30 heavy (non-hydrogen) atoms. The number of nitrogens with one attached hydrogen (secondary N) is 1. The molecule has 0 unspecified atom stereocenters. The molecule has 0 aliphatic carbocycles. The lowest BCUT2D eigenvalue weighted by atomic mass is 10.1. The Labute approximate surface area is 171 Å². The number of amides is 2. The van der Waals surface area contributed by atoms with Gasteiger partial charge in [-0.2, -0.15) is 5.26 Å². The lowest BCUT2D eigenvalue weighted by Gasteiger charge is -2.27. The van der Waals surface area contributed by atoms with E-state index in [0.717, 1.165) is 0 Å². The van der Waals surface area contributed by atoms with Crippen molar-refractivity contribution in [2.24, 2.45) is 0 Å². The van der Waals surface area contributed by atoms with Crippen LogP contribution in [0.3, 0.4) is 0 Å². The Balaban J connectivity index is 1.64. The number of aromatic nitrogens is 2. The molecule has 150 valence electrons. The Morgan fingerprint density at radius 3 is 2.57 bits per heavy atom. The summed E-state index contributed by atoms with van der Waals surface area (Å²) in [6.07, 6.45) is 2.74. The number of nitriles is 1. The van der Waals surface area contributed by atoms with E-state index in [-0.39, 0.29) is 17.2 Å². The molecule has 9 heteroatoms. The number of hydrogen-bond acceptors (Lipinski definition) is 6. The zero-order valence-electron chi connectivity index (χ0n) is 15.9. The Kier molecular flexibility index (Phi) is 5.24. The van der Waals surface area contributed by atoms with E-state index in [4.69, 9.17) is 10.00 Å². The number of ether oxygens (including phenoxy) is 1. The summed E-state index contributed by atoms with van der Waals surface area (Å²) < 4.78 is 6.51. The lowest BCUT2D eigenvalue weighted by molar-refractivity contribution is 0.0303. The molecule has 1 fully saturated rings. The maximum Gasteiger partial charge on any atom is 0.281 e. The summed E-state index contributed by atoms with van der Waals surface area (Å²) in [7, 11) is 0. The molecule has 0 bridgehead atoms. The van der Waals surface area contributed by atoms with Crippen LogP contribution in [0.5, 0.6) is 0 Å². The zero-order chi connectivity index (χ0) is 21.1. The van der Waals surface area contributed by atoms with E-state index >= 15 is 0 Å². The second-order valence-corrected chi connectivity index (χ2v) is 6.64. The number of carbonyl (C=O) groups is 2. The molecule has 0 spiro atoms. The van der Waals surface area contributed by atoms with Crippen LogP contribution in [0.2, 0.25) is 0 Å². The van der Waals surface area contributed by atoms with Crippen molar-refractivity contribution in [3.05, 3.63) is 75.8 Å². The topological polar surface area (TPSA) is 117 Å². The van der Waals surface area contributed by atoms with Crippen molar-refractivity contribution in [3.8, 4) is 6.07 Å². The highest BCUT2D eigenvalue weighted by Crippen LogP contribution is 2.13. The first kappa shape index (κ1) is 19.3. The molecule has 1 aromatic carbocycles. The van der Waals surface area contributed by atoms with Gasteiger partial charge in [-0.05, 0) is 36.4 Å². The van der Waals surface area contributed by atoms with Crippen LogP contribution in [-0.2, 0) is 4.74 Å². The van der Waals surface area contributed by atoms with Gasteiger partial charge in [0.1, 0.15) is 5.69 Å². The van der Waals surface area contributed by atoms with Gasteiger partial charge in [0.25, 0.3) is 17.4 Å². The summed E-state index contributed by atoms with van der Waals surface area (Å²) in [5.74, 6) is -0.725. The minimum absolute atomic E-state index is 0.0159. The number of rotatable bonds is 3. The number of benzene rings is 1. The molecule has 4 rings (SSSR count). The number of nitrogens with zero attached hydrogens (tertiary/aromatic N) is 4. The van der Waals surface area contributed by atoms with Gasteiger partial charge in [-0.1, -0.05) is 0 Å². The van der Waals surface area contributed by atoms with Gasteiger partial charge >= 0.3 is 0 Å². The van der Waals surface area contributed by atoms with Gasteiger partial charge in [0, 0.05) is 24.8 Å². The van der Waals surface area contributed by atoms with E-state index in [1.54, 1.807) is 17.0 Å². The van der Waals surface area contributed by atoms with Gasteiger partial charge in [-0.25, -0.2) is 4.98 Å². The second-order valence-electron chi connectivity index (χ2n) is 6.64. The van der Waals surface area contributed by atoms with Crippen LogP contribution < -0.4 is 10.9 Å². The molecule has 0 saturated carbocycles. The number of pyridine rings is 1. The molecule has 9 nitrogen and oxygen atoms in total. The molecular formula is C21H17N5O4. The summed E-state index contributed by atoms with van der Waals surface area (Å²) in [4.78, 5) is 44.1. The van der Waals surface area contributed by atoms with Crippen LogP contribution in [0, 0.1) is 11.3 Å². The van der Waals surface area contributed by atoms with Gasteiger partial charge in [0.05, 0.1) is 36.6 Å². The Hall–Kier alpha value is -4.03. The number of carbonyl (C=O) groups excluding carboxylic acids is 2. The fraction of sp³-hybridized carbons (Fsp3) is 0.190. The van der Waals surface area contributed by atoms with E-state index < -0.39 is 11.5 Å². The highest BCUT2D eigenvalue weighted by atomic mass is 16.5. The third-order valence-corrected chi connectivity index (χ3v) is 4.79. The molecular weight excluding hydrogens is 386 g/mol. The van der Waals surface area contributed by atoms with Gasteiger partial charge in [0.15, 0.2) is 5.65 Å². The maximum absolute atomic E-state index is 12.9. The van der Waals surface area contributed by atoms with Gasteiger partial charge in [0.2, 0.25) is 0 Å². The second kappa shape index (κ2) is 8.14. The number of hydrogen-bond donors (Lipinski definition) is 1. The molecule has 0 radical (unpaired) electrons. The fourth-order valence-corrected chi connectivity index (χ4v) is 3.19. The first-order chi connectivity index (χ1) is 14.6. The molecule has 2 aromatic heterocycles. The van der Waals surface area contributed by atoms with Crippen molar-refractivity contribution in [2.75, 3.05) is 31.6 Å². The summed E-state index contributed by atoms with van der Waals surface area (Å²) in [5.41, 5.74) is 0.736. The van der Waals surface area contributed by atoms with Crippen molar-refractivity contribution in [2.45, 2.75) is 0 Å². The molecule has 2 amide bonds. The van der Waals surface area contributed by atoms with Gasteiger partial charge in [-0.15, -0.1) is 0 Å². The van der Waals surface area contributed by atoms with E-state index in [0.29, 0.717) is 43.0 Å². The first-order valence-corrected chi connectivity index (χ1v) is 9.27. The van der Waals surface area contributed by atoms with Crippen LogP contribution >= 0.6 is 0 Å². The highest BCUT2D eigenvalue weighted by Gasteiger charge is 2.22. The average Bonchev–Trinajstić information content (AvgIpc) is 2.80. The minimum Gasteiger partial charge on any atom is -0.378 e.